The lowest BCUT2D eigenvalue weighted by Gasteiger charge is -2.66. The van der Waals surface area contributed by atoms with E-state index in [1.165, 1.54) is 11.1 Å². The van der Waals surface area contributed by atoms with Gasteiger partial charge >= 0.3 is 5.97 Å². The van der Waals surface area contributed by atoms with Crippen molar-refractivity contribution in [2.75, 3.05) is 13.2 Å². The average molecular weight is 401 g/mol. The van der Waals surface area contributed by atoms with Gasteiger partial charge in [0.15, 0.2) is 0 Å². The molecular weight excluding hydrogens is 364 g/mol. The standard InChI is InChI=1S/C25H36O4/c1-15-6-9-23(3)17-10-16(21(27)28)20-22(2)7-5-8-25(20,14-29-13-22)18(17)11-19(26)24(23,4)12-15/h15-16,20H,5-14H2,1-4H3,(H,27,28). The van der Waals surface area contributed by atoms with E-state index in [0.717, 1.165) is 38.5 Å². The number of carboxylic acids is 1. The van der Waals surface area contributed by atoms with Crippen molar-refractivity contribution in [1.82, 2.24) is 0 Å². The van der Waals surface area contributed by atoms with Crippen LogP contribution in [-0.2, 0) is 14.3 Å². The summed E-state index contributed by atoms with van der Waals surface area (Å²) in [6, 6.07) is 0. The molecule has 5 rings (SSSR count). The van der Waals surface area contributed by atoms with Crippen molar-refractivity contribution in [1.29, 1.82) is 0 Å². The van der Waals surface area contributed by atoms with Crippen LogP contribution in [-0.4, -0.2) is 30.1 Å². The first-order chi connectivity index (χ1) is 13.6. The normalized spacial score (nSPS) is 51.7. The molecular formula is C25H36O4. The van der Waals surface area contributed by atoms with Gasteiger partial charge in [0, 0.05) is 22.7 Å². The van der Waals surface area contributed by atoms with Crippen LogP contribution in [0, 0.1) is 39.4 Å². The van der Waals surface area contributed by atoms with Gasteiger partial charge in [-0.05, 0) is 55.8 Å². The lowest BCUT2D eigenvalue weighted by Crippen LogP contribution is -2.64. The van der Waals surface area contributed by atoms with Crippen molar-refractivity contribution in [3.05, 3.63) is 11.1 Å². The van der Waals surface area contributed by atoms with E-state index in [2.05, 4.69) is 27.7 Å². The Morgan fingerprint density at radius 1 is 1.07 bits per heavy atom. The largest absolute Gasteiger partial charge is 0.481 e. The Balaban J connectivity index is 1.74. The number of Topliss-reactive ketones (excluding diaryl/α,β-unsaturated/α-hetero) is 1. The highest BCUT2D eigenvalue weighted by Crippen LogP contribution is 2.71. The van der Waals surface area contributed by atoms with Crippen molar-refractivity contribution >= 4 is 11.8 Å². The molecule has 4 heteroatoms. The summed E-state index contributed by atoms with van der Waals surface area (Å²) in [6.07, 6.45) is 7.34. The van der Waals surface area contributed by atoms with Crippen LogP contribution in [0.4, 0.5) is 0 Å². The molecule has 2 saturated carbocycles. The van der Waals surface area contributed by atoms with Crippen LogP contribution in [0.25, 0.3) is 0 Å². The van der Waals surface area contributed by atoms with E-state index in [4.69, 9.17) is 4.74 Å². The average Bonchev–Trinajstić information content (AvgIpc) is 2.63. The molecule has 7 atom stereocenters. The van der Waals surface area contributed by atoms with Crippen LogP contribution in [0.5, 0.6) is 0 Å². The number of ether oxygens (including phenoxy) is 1. The summed E-state index contributed by atoms with van der Waals surface area (Å²) < 4.78 is 6.18. The zero-order valence-corrected chi connectivity index (χ0v) is 18.5. The van der Waals surface area contributed by atoms with Gasteiger partial charge in [-0.3, -0.25) is 9.59 Å². The maximum atomic E-state index is 13.7. The first-order valence-electron chi connectivity index (χ1n) is 11.6. The van der Waals surface area contributed by atoms with E-state index < -0.39 is 5.97 Å². The lowest BCUT2D eigenvalue weighted by molar-refractivity contribution is -0.192. The molecule has 0 radical (unpaired) electrons. The highest BCUT2D eigenvalue weighted by Gasteiger charge is 2.67. The van der Waals surface area contributed by atoms with Crippen molar-refractivity contribution in [2.45, 2.75) is 79.1 Å². The number of rotatable bonds is 1. The second-order valence-corrected chi connectivity index (χ2v) is 11.9. The number of fused-ring (bicyclic) bond motifs is 2. The van der Waals surface area contributed by atoms with Gasteiger partial charge in [-0.1, -0.05) is 45.3 Å². The Kier molecular flexibility index (Phi) is 4.07. The Hall–Kier alpha value is -1.16. The summed E-state index contributed by atoms with van der Waals surface area (Å²) in [6.45, 7) is 10.2. The Morgan fingerprint density at radius 2 is 1.83 bits per heavy atom. The van der Waals surface area contributed by atoms with Crippen LogP contribution in [0.2, 0.25) is 0 Å². The molecule has 5 aliphatic rings. The summed E-state index contributed by atoms with van der Waals surface area (Å²) in [5.41, 5.74) is 1.75. The highest BCUT2D eigenvalue weighted by atomic mass is 16.5. The number of ketones is 1. The summed E-state index contributed by atoms with van der Waals surface area (Å²) in [4.78, 5) is 26.3. The molecule has 1 heterocycles. The van der Waals surface area contributed by atoms with E-state index in [0.29, 0.717) is 37.8 Å². The third kappa shape index (κ3) is 2.30. The van der Waals surface area contributed by atoms with Crippen molar-refractivity contribution in [3.8, 4) is 0 Å². The minimum Gasteiger partial charge on any atom is -0.481 e. The molecule has 4 nitrogen and oxygen atoms in total. The fourth-order valence-corrected chi connectivity index (χ4v) is 8.80. The monoisotopic (exact) mass is 400 g/mol. The molecule has 2 bridgehead atoms. The first kappa shape index (κ1) is 19.8. The summed E-state index contributed by atoms with van der Waals surface area (Å²) in [5.74, 6) is 0.0471. The molecule has 1 saturated heterocycles. The Labute approximate surface area is 174 Å². The van der Waals surface area contributed by atoms with Gasteiger partial charge in [-0.2, -0.15) is 0 Å². The van der Waals surface area contributed by atoms with Gasteiger partial charge in [-0.25, -0.2) is 0 Å². The van der Waals surface area contributed by atoms with E-state index in [1.807, 2.05) is 0 Å². The minimum absolute atomic E-state index is 0.0934. The van der Waals surface area contributed by atoms with E-state index in [1.54, 1.807) is 0 Å². The maximum Gasteiger partial charge on any atom is 0.307 e. The fraction of sp³-hybridized carbons (Fsp3) is 0.840. The first-order valence-corrected chi connectivity index (χ1v) is 11.6. The number of carbonyl (C=O) groups excluding carboxylic acids is 1. The molecule has 29 heavy (non-hydrogen) atoms. The molecule has 0 aromatic carbocycles. The van der Waals surface area contributed by atoms with Crippen molar-refractivity contribution < 1.29 is 19.4 Å². The Bertz CT molecular complexity index is 800. The number of carboxylic acid groups (broad SMARTS) is 1. The van der Waals surface area contributed by atoms with Crippen LogP contribution in [0.15, 0.2) is 11.1 Å². The number of aliphatic carboxylic acids is 1. The van der Waals surface area contributed by atoms with Crippen LogP contribution >= 0.6 is 0 Å². The van der Waals surface area contributed by atoms with E-state index >= 15 is 0 Å². The Morgan fingerprint density at radius 3 is 2.55 bits per heavy atom. The molecule has 1 aliphatic heterocycles. The van der Waals surface area contributed by atoms with Crippen molar-refractivity contribution in [2.24, 2.45) is 39.4 Å². The van der Waals surface area contributed by atoms with E-state index in [-0.39, 0.29) is 33.5 Å². The fourth-order valence-electron chi connectivity index (χ4n) is 8.80. The number of carbonyl (C=O) groups is 2. The maximum absolute atomic E-state index is 13.7. The second kappa shape index (κ2) is 5.96. The number of allylic oxidation sites excluding steroid dienone is 1. The lowest BCUT2D eigenvalue weighted by atomic mass is 9.39. The third-order valence-corrected chi connectivity index (χ3v) is 10.3. The molecule has 0 spiro atoms. The van der Waals surface area contributed by atoms with Gasteiger partial charge in [0.2, 0.25) is 0 Å². The van der Waals surface area contributed by atoms with Crippen molar-refractivity contribution in [3.63, 3.8) is 0 Å². The van der Waals surface area contributed by atoms with Gasteiger partial charge in [0.05, 0.1) is 19.1 Å². The minimum atomic E-state index is -0.646. The summed E-state index contributed by atoms with van der Waals surface area (Å²) >= 11 is 0. The molecule has 3 fully saturated rings. The molecule has 0 amide bonds. The SMILES string of the molecule is CC1CCC2(C)C3=C(CC(=O)C2(C)C1)C12CCCC(C)(COC1)C2C(C(=O)O)C3. The predicted molar refractivity (Wildman–Crippen MR) is 110 cm³/mol. The third-order valence-electron chi connectivity index (χ3n) is 10.3. The van der Waals surface area contributed by atoms with Gasteiger partial charge < -0.3 is 9.84 Å². The molecule has 4 aliphatic carbocycles. The quantitative estimate of drug-likeness (QED) is 0.628. The predicted octanol–water partition coefficient (Wildman–Crippen LogP) is 5.02. The summed E-state index contributed by atoms with van der Waals surface area (Å²) in [7, 11) is 0. The molecule has 7 unspecified atom stereocenters. The molecule has 0 aromatic heterocycles. The van der Waals surface area contributed by atoms with Gasteiger partial charge in [-0.15, -0.1) is 0 Å². The highest BCUT2D eigenvalue weighted by molar-refractivity contribution is 5.91. The second-order valence-electron chi connectivity index (χ2n) is 11.9. The molecule has 0 aromatic rings. The van der Waals surface area contributed by atoms with Gasteiger partial charge in [0.1, 0.15) is 5.78 Å². The number of hydrogen-bond acceptors (Lipinski definition) is 3. The molecule has 160 valence electrons. The zero-order chi connectivity index (χ0) is 20.8. The van der Waals surface area contributed by atoms with Crippen LogP contribution in [0.3, 0.4) is 0 Å². The topological polar surface area (TPSA) is 63.6 Å². The van der Waals surface area contributed by atoms with Crippen LogP contribution < -0.4 is 0 Å². The van der Waals surface area contributed by atoms with Crippen LogP contribution in [0.1, 0.15) is 79.1 Å². The smallest absolute Gasteiger partial charge is 0.307 e. The zero-order valence-electron chi connectivity index (χ0n) is 18.5. The summed E-state index contributed by atoms with van der Waals surface area (Å²) in [5, 5.41) is 10.3. The molecule has 1 N–H and O–H groups in total. The van der Waals surface area contributed by atoms with Gasteiger partial charge in [0.25, 0.3) is 0 Å². The number of hydrogen-bond donors (Lipinski definition) is 1. The van der Waals surface area contributed by atoms with E-state index in [9.17, 15) is 14.7 Å².